The van der Waals surface area contributed by atoms with Gasteiger partial charge in [-0.3, -0.25) is 9.59 Å². The van der Waals surface area contributed by atoms with Crippen LogP contribution in [-0.2, 0) is 6.42 Å². The summed E-state index contributed by atoms with van der Waals surface area (Å²) in [6.07, 6.45) is 0.662. The molecule has 3 aromatic heterocycles. The number of halogens is 1. The van der Waals surface area contributed by atoms with Gasteiger partial charge in [0.2, 0.25) is 0 Å². The number of thiophene rings is 1. The van der Waals surface area contributed by atoms with E-state index in [9.17, 15) is 9.59 Å². The number of amides is 1. The Kier molecular flexibility index (Phi) is 5.57. The number of H-pyrrole nitrogens is 1. The largest absolute Gasteiger partial charge is 0.321 e. The van der Waals surface area contributed by atoms with Crippen molar-refractivity contribution in [2.75, 3.05) is 5.32 Å². The van der Waals surface area contributed by atoms with Gasteiger partial charge in [-0.1, -0.05) is 30.7 Å². The number of aromatic nitrogens is 3. The molecule has 4 aromatic rings. The first-order valence-corrected chi connectivity index (χ1v) is 10.8. The smallest absolute Gasteiger partial charge is 0.275 e. The van der Waals surface area contributed by atoms with Crippen molar-refractivity contribution in [2.45, 2.75) is 13.3 Å². The second-order valence-electron chi connectivity index (χ2n) is 6.12. The van der Waals surface area contributed by atoms with Gasteiger partial charge in [0.1, 0.15) is 16.5 Å². The summed E-state index contributed by atoms with van der Waals surface area (Å²) in [5, 5.41) is 5.31. The summed E-state index contributed by atoms with van der Waals surface area (Å²) in [4.78, 5) is 36.9. The molecule has 0 saturated carbocycles. The molecule has 0 aliphatic heterocycles. The van der Waals surface area contributed by atoms with Crippen molar-refractivity contribution in [1.82, 2.24) is 15.0 Å². The summed E-state index contributed by atoms with van der Waals surface area (Å²) in [7, 11) is 0. The highest BCUT2D eigenvalue weighted by atomic mass is 35.5. The monoisotopic (exact) mass is 442 g/mol. The van der Waals surface area contributed by atoms with Crippen molar-refractivity contribution in [3.8, 4) is 21.3 Å². The summed E-state index contributed by atoms with van der Waals surface area (Å²) in [6, 6.07) is 12.3. The fourth-order valence-corrected chi connectivity index (χ4v) is 4.60. The maximum absolute atomic E-state index is 12.6. The van der Waals surface area contributed by atoms with E-state index in [0.29, 0.717) is 39.2 Å². The molecule has 0 fully saturated rings. The number of nitrogens with zero attached hydrogens (tertiary/aromatic N) is 2. The van der Waals surface area contributed by atoms with Crippen molar-refractivity contribution >= 4 is 45.9 Å². The van der Waals surface area contributed by atoms with Crippen LogP contribution >= 0.6 is 34.3 Å². The lowest BCUT2D eigenvalue weighted by Crippen LogP contribution is -2.13. The highest BCUT2D eigenvalue weighted by Gasteiger charge is 2.14. The van der Waals surface area contributed by atoms with Gasteiger partial charge < -0.3 is 10.3 Å². The summed E-state index contributed by atoms with van der Waals surface area (Å²) in [5.41, 5.74) is 2.14. The zero-order valence-electron chi connectivity index (χ0n) is 15.2. The Morgan fingerprint density at radius 3 is 2.83 bits per heavy atom. The maximum Gasteiger partial charge on any atom is 0.275 e. The van der Waals surface area contributed by atoms with Gasteiger partial charge in [0.15, 0.2) is 0 Å². The first kappa shape index (κ1) is 19.5. The van der Waals surface area contributed by atoms with Crippen LogP contribution in [0.25, 0.3) is 21.3 Å². The summed E-state index contributed by atoms with van der Waals surface area (Å²) in [6.45, 7) is 1.94. The van der Waals surface area contributed by atoms with Crippen LogP contribution in [0.5, 0.6) is 0 Å². The normalized spacial score (nSPS) is 10.8. The van der Waals surface area contributed by atoms with Crippen LogP contribution < -0.4 is 10.9 Å². The Bertz CT molecular complexity index is 1250. The number of thiazole rings is 1. The Morgan fingerprint density at radius 2 is 2.07 bits per heavy atom. The molecule has 29 heavy (non-hydrogen) atoms. The van der Waals surface area contributed by atoms with E-state index in [-0.39, 0.29) is 11.5 Å². The quantitative estimate of drug-likeness (QED) is 0.450. The lowest BCUT2D eigenvalue weighted by molar-refractivity contribution is 0.102. The zero-order chi connectivity index (χ0) is 20.4. The molecule has 0 radical (unpaired) electrons. The van der Waals surface area contributed by atoms with Gasteiger partial charge in [0.25, 0.3) is 11.5 Å². The molecule has 2 N–H and O–H groups in total. The Hall–Kier alpha value is -2.81. The molecule has 6 nitrogen and oxygen atoms in total. The lowest BCUT2D eigenvalue weighted by atomic mass is 10.1. The van der Waals surface area contributed by atoms with E-state index in [1.54, 1.807) is 29.6 Å². The van der Waals surface area contributed by atoms with Crippen molar-refractivity contribution < 1.29 is 4.79 Å². The molecule has 9 heteroatoms. The highest BCUT2D eigenvalue weighted by molar-refractivity contribution is 7.23. The Balaban J connectivity index is 1.55. The van der Waals surface area contributed by atoms with Crippen molar-refractivity contribution in [2.24, 2.45) is 0 Å². The third kappa shape index (κ3) is 4.45. The van der Waals surface area contributed by atoms with Gasteiger partial charge in [0, 0.05) is 28.4 Å². The standard InChI is InChI=1S/C20H15ClN4O2S2/c1-2-12-9-17(26)25-18(22-12)11-4-3-5-13(8-11)23-19(27)14-10-28-20(24-14)15-6-7-16(21)29-15/h3-10H,2H2,1H3,(H,23,27)(H,22,25,26). The number of aryl methyl sites for hydroxylation is 1. The fraction of sp³-hybridized carbons (Fsp3) is 0.100. The third-order valence-corrected chi connectivity index (χ3v) is 6.31. The minimum absolute atomic E-state index is 0.204. The van der Waals surface area contributed by atoms with E-state index in [0.717, 1.165) is 9.88 Å². The van der Waals surface area contributed by atoms with Crippen LogP contribution in [0.1, 0.15) is 23.1 Å². The molecule has 1 aromatic carbocycles. The molecule has 0 unspecified atom stereocenters. The maximum atomic E-state index is 12.6. The van der Waals surface area contributed by atoms with Gasteiger partial charge in [0.05, 0.1) is 9.21 Å². The molecular formula is C20H15ClN4O2S2. The molecule has 1 amide bonds. The first-order chi connectivity index (χ1) is 14.0. The van der Waals surface area contributed by atoms with E-state index in [2.05, 4.69) is 20.3 Å². The number of carbonyl (C=O) groups excluding carboxylic acids is 1. The molecule has 0 aliphatic carbocycles. The van der Waals surface area contributed by atoms with E-state index < -0.39 is 0 Å². The van der Waals surface area contributed by atoms with E-state index in [4.69, 9.17) is 11.6 Å². The molecule has 0 aliphatic rings. The van der Waals surface area contributed by atoms with Crippen molar-refractivity contribution in [3.05, 3.63) is 73.9 Å². The minimum atomic E-state index is -0.309. The Morgan fingerprint density at radius 1 is 1.21 bits per heavy atom. The van der Waals surface area contributed by atoms with Gasteiger partial charge >= 0.3 is 0 Å². The number of nitrogens with one attached hydrogen (secondary N) is 2. The molecule has 0 bridgehead atoms. The Labute approximate surface area is 179 Å². The van der Waals surface area contributed by atoms with Crippen molar-refractivity contribution in [3.63, 3.8) is 0 Å². The molecule has 4 rings (SSSR count). The number of hydrogen-bond acceptors (Lipinski definition) is 6. The van der Waals surface area contributed by atoms with Crippen LogP contribution in [0.3, 0.4) is 0 Å². The third-order valence-electron chi connectivity index (χ3n) is 4.07. The second kappa shape index (κ2) is 8.28. The average molecular weight is 443 g/mol. The van der Waals surface area contributed by atoms with Gasteiger partial charge in [-0.25, -0.2) is 9.97 Å². The van der Waals surface area contributed by atoms with Gasteiger partial charge in [-0.05, 0) is 30.7 Å². The predicted octanol–water partition coefficient (Wildman–Crippen LogP) is 5.09. The lowest BCUT2D eigenvalue weighted by Gasteiger charge is -2.07. The van der Waals surface area contributed by atoms with E-state index >= 15 is 0 Å². The molecule has 0 saturated heterocycles. The SMILES string of the molecule is CCc1cc(=O)[nH]c(-c2cccc(NC(=O)c3csc(-c4ccc(Cl)s4)n3)c2)n1. The van der Waals surface area contributed by atoms with Crippen molar-refractivity contribution in [1.29, 1.82) is 0 Å². The van der Waals surface area contributed by atoms with Gasteiger partial charge in [-0.2, -0.15) is 0 Å². The first-order valence-electron chi connectivity index (χ1n) is 8.75. The number of aromatic amines is 1. The molecule has 3 heterocycles. The van der Waals surface area contributed by atoms with E-state index in [1.165, 1.54) is 28.7 Å². The highest BCUT2D eigenvalue weighted by Crippen LogP contribution is 2.33. The minimum Gasteiger partial charge on any atom is -0.321 e. The molecule has 0 atom stereocenters. The van der Waals surface area contributed by atoms with Crippen LogP contribution in [0.15, 0.2) is 52.6 Å². The topological polar surface area (TPSA) is 87.7 Å². The van der Waals surface area contributed by atoms with E-state index in [1.807, 2.05) is 19.1 Å². The number of anilines is 1. The predicted molar refractivity (Wildman–Crippen MR) is 118 cm³/mol. The number of benzene rings is 1. The summed E-state index contributed by atoms with van der Waals surface area (Å²) < 4.78 is 0.678. The van der Waals surface area contributed by atoms with Gasteiger partial charge in [-0.15, -0.1) is 22.7 Å². The molecule has 0 spiro atoms. The second-order valence-corrected chi connectivity index (χ2v) is 8.69. The summed E-state index contributed by atoms with van der Waals surface area (Å²) in [5.74, 6) is 0.159. The number of hydrogen-bond donors (Lipinski definition) is 2. The van der Waals surface area contributed by atoms with Crippen LogP contribution in [-0.4, -0.2) is 20.9 Å². The zero-order valence-corrected chi connectivity index (χ0v) is 17.6. The molecular weight excluding hydrogens is 428 g/mol. The summed E-state index contributed by atoms with van der Waals surface area (Å²) >= 11 is 8.78. The fourth-order valence-electron chi connectivity index (χ4n) is 2.69. The van der Waals surface area contributed by atoms with Crippen LogP contribution in [0, 0.1) is 0 Å². The van der Waals surface area contributed by atoms with Crippen LogP contribution in [0.2, 0.25) is 4.34 Å². The number of carbonyl (C=O) groups is 1. The van der Waals surface area contributed by atoms with Crippen LogP contribution in [0.4, 0.5) is 5.69 Å². The average Bonchev–Trinajstić information content (AvgIpc) is 3.37. The number of rotatable bonds is 5. The molecule has 146 valence electrons.